The van der Waals surface area contributed by atoms with E-state index in [1.165, 1.54) is 7.11 Å². The van der Waals surface area contributed by atoms with E-state index >= 15 is 0 Å². The summed E-state index contributed by atoms with van der Waals surface area (Å²) in [7, 11) is 1.50. The molecule has 1 aliphatic rings. The van der Waals surface area contributed by atoms with E-state index < -0.39 is 0 Å². The number of piperidine rings is 1. The molecule has 1 fully saturated rings. The molecule has 0 saturated carbocycles. The van der Waals surface area contributed by atoms with Crippen LogP contribution < -0.4 is 14.8 Å². The second kappa shape index (κ2) is 8.98. The topological polar surface area (TPSA) is 93.7 Å². The Morgan fingerprint density at radius 2 is 1.93 bits per heavy atom. The number of benzene rings is 1. The van der Waals surface area contributed by atoms with Crippen LogP contribution in [0.15, 0.2) is 42.6 Å². The highest BCUT2D eigenvalue weighted by Crippen LogP contribution is 2.18. The van der Waals surface area contributed by atoms with E-state index in [1.54, 1.807) is 41.4 Å². The van der Waals surface area contributed by atoms with Gasteiger partial charge in [-0.25, -0.2) is 4.98 Å². The van der Waals surface area contributed by atoms with Crippen molar-refractivity contribution in [3.63, 3.8) is 0 Å². The number of ether oxygens (including phenoxy) is 2. The maximum absolute atomic E-state index is 12.3. The lowest BCUT2D eigenvalue weighted by Crippen LogP contribution is -2.46. The molecule has 1 aromatic heterocycles. The average molecular weight is 370 g/mol. The SMILES string of the molecule is COc1nccc(OC2CCN(C(=O)CNC(=O)c3ccccc3)CC2)n1. The molecule has 1 aliphatic heterocycles. The smallest absolute Gasteiger partial charge is 0.319 e. The van der Waals surface area contributed by atoms with Gasteiger partial charge in [0, 0.05) is 43.8 Å². The van der Waals surface area contributed by atoms with Gasteiger partial charge in [-0.05, 0) is 12.1 Å². The van der Waals surface area contributed by atoms with Crippen LogP contribution in [0.4, 0.5) is 0 Å². The number of amides is 2. The zero-order valence-corrected chi connectivity index (χ0v) is 15.1. The molecule has 0 radical (unpaired) electrons. The Morgan fingerprint density at radius 3 is 2.63 bits per heavy atom. The Bertz CT molecular complexity index is 776. The Balaban J connectivity index is 1.43. The third kappa shape index (κ3) is 5.16. The highest BCUT2D eigenvalue weighted by molar-refractivity contribution is 5.96. The number of carbonyl (C=O) groups excluding carboxylic acids is 2. The normalized spacial score (nSPS) is 14.5. The van der Waals surface area contributed by atoms with Crippen molar-refractivity contribution in [1.82, 2.24) is 20.2 Å². The summed E-state index contributed by atoms with van der Waals surface area (Å²) in [5, 5.41) is 2.67. The molecule has 1 aromatic carbocycles. The number of nitrogens with one attached hydrogen (secondary N) is 1. The van der Waals surface area contributed by atoms with Crippen LogP contribution in [0.2, 0.25) is 0 Å². The third-order valence-corrected chi connectivity index (χ3v) is 4.31. The van der Waals surface area contributed by atoms with Crippen LogP contribution in [-0.4, -0.2) is 59.5 Å². The minimum atomic E-state index is -0.250. The van der Waals surface area contributed by atoms with Gasteiger partial charge >= 0.3 is 6.01 Å². The molecular formula is C19H22N4O4. The zero-order chi connectivity index (χ0) is 19.1. The van der Waals surface area contributed by atoms with Crippen molar-refractivity contribution in [2.24, 2.45) is 0 Å². The van der Waals surface area contributed by atoms with E-state index in [4.69, 9.17) is 9.47 Å². The maximum atomic E-state index is 12.3. The molecule has 1 saturated heterocycles. The average Bonchev–Trinajstić information content (AvgIpc) is 2.73. The van der Waals surface area contributed by atoms with Gasteiger partial charge < -0.3 is 19.7 Å². The van der Waals surface area contributed by atoms with Gasteiger partial charge in [0.2, 0.25) is 11.8 Å². The van der Waals surface area contributed by atoms with E-state index in [0.29, 0.717) is 37.4 Å². The highest BCUT2D eigenvalue weighted by Gasteiger charge is 2.24. The van der Waals surface area contributed by atoms with Gasteiger partial charge in [0.25, 0.3) is 5.91 Å². The first-order valence-electron chi connectivity index (χ1n) is 8.80. The molecule has 27 heavy (non-hydrogen) atoms. The van der Waals surface area contributed by atoms with Crippen LogP contribution in [0.5, 0.6) is 11.9 Å². The van der Waals surface area contributed by atoms with Gasteiger partial charge in [-0.1, -0.05) is 18.2 Å². The van der Waals surface area contributed by atoms with Crippen LogP contribution in [0.3, 0.4) is 0 Å². The largest absolute Gasteiger partial charge is 0.474 e. The standard InChI is InChI=1S/C19H22N4O4/c1-26-19-20-10-7-16(22-19)27-15-8-11-23(12-9-15)17(24)13-21-18(25)14-5-3-2-4-6-14/h2-7,10,15H,8-9,11-13H2,1H3,(H,21,25). The van der Waals surface area contributed by atoms with Crippen molar-refractivity contribution in [2.45, 2.75) is 18.9 Å². The molecule has 2 aromatic rings. The molecular weight excluding hydrogens is 348 g/mol. The van der Waals surface area contributed by atoms with Gasteiger partial charge in [0.15, 0.2) is 0 Å². The van der Waals surface area contributed by atoms with E-state index in [1.807, 2.05) is 6.07 Å². The minimum absolute atomic E-state index is 0.0115. The van der Waals surface area contributed by atoms with Gasteiger partial charge in [-0.15, -0.1) is 0 Å². The van der Waals surface area contributed by atoms with E-state index in [2.05, 4.69) is 15.3 Å². The molecule has 0 atom stereocenters. The Morgan fingerprint density at radius 1 is 1.19 bits per heavy atom. The fourth-order valence-electron chi connectivity index (χ4n) is 2.84. The van der Waals surface area contributed by atoms with Gasteiger partial charge in [-0.2, -0.15) is 4.98 Å². The number of hydrogen-bond acceptors (Lipinski definition) is 6. The summed E-state index contributed by atoms with van der Waals surface area (Å²) in [6, 6.07) is 10.8. The van der Waals surface area contributed by atoms with E-state index in [0.717, 1.165) is 0 Å². The number of rotatable bonds is 6. The number of methoxy groups -OCH3 is 1. The molecule has 0 bridgehead atoms. The first kappa shape index (κ1) is 18.6. The number of likely N-dealkylation sites (tertiary alicyclic amines) is 1. The van der Waals surface area contributed by atoms with Crippen LogP contribution in [-0.2, 0) is 4.79 Å². The fourth-order valence-corrected chi connectivity index (χ4v) is 2.84. The summed E-state index contributed by atoms with van der Waals surface area (Å²) < 4.78 is 10.8. The quantitative estimate of drug-likeness (QED) is 0.823. The number of hydrogen-bond donors (Lipinski definition) is 1. The Labute approximate surface area is 157 Å². The van der Waals surface area contributed by atoms with E-state index in [-0.39, 0.29) is 30.5 Å². The van der Waals surface area contributed by atoms with Crippen molar-refractivity contribution < 1.29 is 19.1 Å². The molecule has 0 spiro atoms. The lowest BCUT2D eigenvalue weighted by atomic mass is 10.1. The van der Waals surface area contributed by atoms with Crippen molar-refractivity contribution in [3.05, 3.63) is 48.2 Å². The summed E-state index contributed by atoms with van der Waals surface area (Å²) in [6.07, 6.45) is 2.96. The lowest BCUT2D eigenvalue weighted by Gasteiger charge is -2.32. The second-order valence-electron chi connectivity index (χ2n) is 6.13. The highest BCUT2D eigenvalue weighted by atomic mass is 16.5. The Hall–Kier alpha value is -3.16. The van der Waals surface area contributed by atoms with Crippen molar-refractivity contribution in [3.8, 4) is 11.9 Å². The molecule has 142 valence electrons. The number of aromatic nitrogens is 2. The summed E-state index contributed by atoms with van der Waals surface area (Å²) in [6.45, 7) is 1.14. The van der Waals surface area contributed by atoms with Gasteiger partial charge in [0.05, 0.1) is 13.7 Å². The second-order valence-corrected chi connectivity index (χ2v) is 6.13. The van der Waals surface area contributed by atoms with Gasteiger partial charge in [0.1, 0.15) is 6.10 Å². The molecule has 2 amide bonds. The van der Waals surface area contributed by atoms with Crippen LogP contribution >= 0.6 is 0 Å². The van der Waals surface area contributed by atoms with Crippen LogP contribution in [0.25, 0.3) is 0 Å². The maximum Gasteiger partial charge on any atom is 0.319 e. The summed E-state index contributed by atoms with van der Waals surface area (Å²) >= 11 is 0. The molecule has 3 rings (SSSR count). The van der Waals surface area contributed by atoms with E-state index in [9.17, 15) is 9.59 Å². The van der Waals surface area contributed by atoms with Crippen molar-refractivity contribution in [1.29, 1.82) is 0 Å². The molecule has 2 heterocycles. The Kier molecular flexibility index (Phi) is 6.19. The predicted molar refractivity (Wildman–Crippen MR) is 97.6 cm³/mol. The summed E-state index contributed by atoms with van der Waals surface area (Å²) in [5.41, 5.74) is 0.540. The third-order valence-electron chi connectivity index (χ3n) is 4.31. The van der Waals surface area contributed by atoms with Crippen molar-refractivity contribution in [2.75, 3.05) is 26.7 Å². The van der Waals surface area contributed by atoms with Crippen LogP contribution in [0, 0.1) is 0 Å². The monoisotopic (exact) mass is 370 g/mol. The summed E-state index contributed by atoms with van der Waals surface area (Å²) in [4.78, 5) is 34.1. The summed E-state index contributed by atoms with van der Waals surface area (Å²) in [5.74, 6) is 0.114. The minimum Gasteiger partial charge on any atom is -0.474 e. The number of carbonyl (C=O) groups is 2. The molecule has 8 nitrogen and oxygen atoms in total. The van der Waals surface area contributed by atoms with Gasteiger partial charge in [-0.3, -0.25) is 9.59 Å². The lowest BCUT2D eigenvalue weighted by molar-refractivity contribution is -0.131. The first-order valence-corrected chi connectivity index (χ1v) is 8.80. The zero-order valence-electron chi connectivity index (χ0n) is 15.1. The molecule has 8 heteroatoms. The predicted octanol–water partition coefficient (Wildman–Crippen LogP) is 1.28. The molecule has 1 N–H and O–H groups in total. The molecule has 0 aliphatic carbocycles. The van der Waals surface area contributed by atoms with Crippen molar-refractivity contribution >= 4 is 11.8 Å². The van der Waals surface area contributed by atoms with Crippen LogP contribution in [0.1, 0.15) is 23.2 Å². The number of nitrogens with zero attached hydrogens (tertiary/aromatic N) is 3. The fraction of sp³-hybridized carbons (Fsp3) is 0.368. The first-order chi connectivity index (χ1) is 13.2. The molecule has 0 unspecified atom stereocenters.